The molecule has 0 aromatic heterocycles. The molecule has 74 valence electrons. The molecule has 7 heteroatoms. The quantitative estimate of drug-likeness (QED) is 0.361. The van der Waals surface area contributed by atoms with Crippen molar-refractivity contribution in [2.75, 3.05) is 19.6 Å². The smallest absolute Gasteiger partial charge is 0.317 e. The number of carboxylic acids is 1. The fourth-order valence-electron chi connectivity index (χ4n) is 0.531. The SMILES string of the molecule is NC(=O)CNC(=O)CNCC(=O)O. The zero-order valence-corrected chi connectivity index (χ0v) is 6.87. The lowest BCUT2D eigenvalue weighted by Crippen LogP contribution is -2.39. The van der Waals surface area contributed by atoms with Gasteiger partial charge < -0.3 is 16.2 Å². The van der Waals surface area contributed by atoms with E-state index in [1.807, 2.05) is 0 Å². The predicted octanol–water partition coefficient (Wildman–Crippen LogP) is -2.74. The minimum Gasteiger partial charge on any atom is -0.480 e. The molecule has 0 saturated carbocycles. The number of hydrogen-bond donors (Lipinski definition) is 4. The van der Waals surface area contributed by atoms with Crippen LogP contribution in [0, 0.1) is 0 Å². The first-order valence-electron chi connectivity index (χ1n) is 3.50. The van der Waals surface area contributed by atoms with Gasteiger partial charge in [-0.25, -0.2) is 0 Å². The maximum absolute atomic E-state index is 10.8. The molecule has 0 bridgehead atoms. The third-order valence-electron chi connectivity index (χ3n) is 1.02. The van der Waals surface area contributed by atoms with Crippen molar-refractivity contribution < 1.29 is 19.5 Å². The molecule has 0 saturated heterocycles. The molecule has 2 amide bonds. The zero-order chi connectivity index (χ0) is 10.3. The Morgan fingerprint density at radius 2 is 1.77 bits per heavy atom. The average molecular weight is 189 g/mol. The fraction of sp³-hybridized carbons (Fsp3) is 0.500. The molecule has 0 radical (unpaired) electrons. The van der Waals surface area contributed by atoms with Crippen LogP contribution in [0.1, 0.15) is 0 Å². The van der Waals surface area contributed by atoms with Gasteiger partial charge in [-0.2, -0.15) is 0 Å². The van der Waals surface area contributed by atoms with Gasteiger partial charge in [-0.05, 0) is 0 Å². The number of carbonyl (C=O) groups excluding carboxylic acids is 2. The van der Waals surface area contributed by atoms with Crippen LogP contribution >= 0.6 is 0 Å². The van der Waals surface area contributed by atoms with Crippen LogP contribution < -0.4 is 16.4 Å². The number of nitrogens with one attached hydrogen (secondary N) is 2. The Kier molecular flexibility index (Phi) is 5.20. The Morgan fingerprint density at radius 1 is 1.15 bits per heavy atom. The first-order valence-corrected chi connectivity index (χ1v) is 3.50. The van der Waals surface area contributed by atoms with E-state index in [1.54, 1.807) is 0 Å². The Morgan fingerprint density at radius 3 is 2.23 bits per heavy atom. The molecule has 5 N–H and O–H groups in total. The molecule has 0 spiro atoms. The number of amides is 2. The summed E-state index contributed by atoms with van der Waals surface area (Å²) in [6, 6.07) is 0. The molecule has 0 aromatic rings. The molecule has 0 rings (SSSR count). The third-order valence-corrected chi connectivity index (χ3v) is 1.02. The van der Waals surface area contributed by atoms with Crippen LogP contribution in [-0.2, 0) is 14.4 Å². The number of aliphatic carboxylic acids is 1. The molecule has 0 atom stereocenters. The molecule has 0 unspecified atom stereocenters. The van der Waals surface area contributed by atoms with Crippen molar-refractivity contribution in [2.45, 2.75) is 0 Å². The van der Waals surface area contributed by atoms with E-state index >= 15 is 0 Å². The molecule has 7 nitrogen and oxygen atoms in total. The van der Waals surface area contributed by atoms with E-state index in [2.05, 4.69) is 10.6 Å². The Bertz CT molecular complexity index is 216. The van der Waals surface area contributed by atoms with Crippen molar-refractivity contribution in [1.29, 1.82) is 0 Å². The second-order valence-electron chi connectivity index (χ2n) is 2.24. The van der Waals surface area contributed by atoms with Gasteiger partial charge in [0.1, 0.15) is 0 Å². The van der Waals surface area contributed by atoms with Crippen molar-refractivity contribution in [2.24, 2.45) is 5.73 Å². The third kappa shape index (κ3) is 8.27. The normalized spacial score (nSPS) is 9.23. The highest BCUT2D eigenvalue weighted by Crippen LogP contribution is 1.65. The van der Waals surface area contributed by atoms with Gasteiger partial charge in [-0.15, -0.1) is 0 Å². The summed E-state index contributed by atoms with van der Waals surface area (Å²) in [5.41, 5.74) is 4.75. The van der Waals surface area contributed by atoms with Crippen molar-refractivity contribution in [3.05, 3.63) is 0 Å². The highest BCUT2D eigenvalue weighted by molar-refractivity contribution is 5.84. The second-order valence-corrected chi connectivity index (χ2v) is 2.24. The number of nitrogens with two attached hydrogens (primary N) is 1. The number of primary amides is 1. The van der Waals surface area contributed by atoms with Crippen LogP contribution in [0.5, 0.6) is 0 Å². The van der Waals surface area contributed by atoms with Crippen molar-refractivity contribution >= 4 is 17.8 Å². The van der Waals surface area contributed by atoms with E-state index in [0.717, 1.165) is 0 Å². The maximum Gasteiger partial charge on any atom is 0.317 e. The molecule has 0 aromatic carbocycles. The second kappa shape index (κ2) is 5.95. The summed E-state index contributed by atoms with van der Waals surface area (Å²) < 4.78 is 0. The van der Waals surface area contributed by atoms with Crippen molar-refractivity contribution in [3.8, 4) is 0 Å². The first kappa shape index (κ1) is 11.4. The highest BCUT2D eigenvalue weighted by atomic mass is 16.4. The van der Waals surface area contributed by atoms with E-state index in [9.17, 15) is 14.4 Å². The summed E-state index contributed by atoms with van der Waals surface area (Å²) in [4.78, 5) is 30.9. The zero-order valence-electron chi connectivity index (χ0n) is 6.87. The lowest BCUT2D eigenvalue weighted by molar-refractivity contribution is -0.136. The van der Waals surface area contributed by atoms with Crippen LogP contribution in [0.2, 0.25) is 0 Å². The molecular weight excluding hydrogens is 178 g/mol. The van der Waals surface area contributed by atoms with Crippen molar-refractivity contribution in [3.63, 3.8) is 0 Å². The molecule has 0 aliphatic rings. The summed E-state index contributed by atoms with van der Waals surface area (Å²) >= 11 is 0. The van der Waals surface area contributed by atoms with E-state index in [-0.39, 0.29) is 19.6 Å². The standard InChI is InChI=1S/C6H11N3O4/c7-4(10)1-9-5(11)2-8-3-6(12)13/h8H,1-3H2,(H2,7,10)(H,9,11)(H,12,13). The van der Waals surface area contributed by atoms with Crippen LogP contribution in [0.25, 0.3) is 0 Å². The van der Waals surface area contributed by atoms with Gasteiger partial charge in [0.25, 0.3) is 0 Å². The summed E-state index contributed by atoms with van der Waals surface area (Å²) in [6.45, 7) is -0.697. The molecule has 0 heterocycles. The molecule has 0 aliphatic heterocycles. The van der Waals surface area contributed by atoms with Crippen LogP contribution in [0.15, 0.2) is 0 Å². The van der Waals surface area contributed by atoms with Gasteiger partial charge in [-0.3, -0.25) is 19.7 Å². The largest absolute Gasteiger partial charge is 0.480 e. The topological polar surface area (TPSA) is 122 Å². The number of rotatable bonds is 6. The number of carbonyl (C=O) groups is 3. The summed E-state index contributed by atoms with van der Waals surface area (Å²) in [6.07, 6.45) is 0. The first-order chi connectivity index (χ1) is 6.02. The summed E-state index contributed by atoms with van der Waals surface area (Å²) in [5, 5.41) is 12.7. The predicted molar refractivity (Wildman–Crippen MR) is 42.7 cm³/mol. The minimum atomic E-state index is -1.05. The summed E-state index contributed by atoms with van der Waals surface area (Å²) in [5.74, 6) is -2.17. The number of carboxylic acid groups (broad SMARTS) is 1. The van der Waals surface area contributed by atoms with E-state index in [0.29, 0.717) is 0 Å². The van der Waals surface area contributed by atoms with Gasteiger partial charge in [0, 0.05) is 0 Å². The maximum atomic E-state index is 10.8. The molecule has 0 aliphatic carbocycles. The van der Waals surface area contributed by atoms with Crippen LogP contribution in [-0.4, -0.2) is 42.5 Å². The fourth-order valence-corrected chi connectivity index (χ4v) is 0.531. The van der Waals surface area contributed by atoms with Crippen LogP contribution in [0.3, 0.4) is 0 Å². The minimum absolute atomic E-state index is 0.153. The Balaban J connectivity index is 3.41. The Labute approximate surface area is 74.3 Å². The van der Waals surface area contributed by atoms with E-state index in [1.165, 1.54) is 0 Å². The van der Waals surface area contributed by atoms with Gasteiger partial charge in [-0.1, -0.05) is 0 Å². The summed E-state index contributed by atoms with van der Waals surface area (Å²) in [7, 11) is 0. The van der Waals surface area contributed by atoms with Gasteiger partial charge in [0.15, 0.2) is 0 Å². The molecular formula is C6H11N3O4. The van der Waals surface area contributed by atoms with Gasteiger partial charge >= 0.3 is 5.97 Å². The van der Waals surface area contributed by atoms with Gasteiger partial charge in [0.2, 0.25) is 11.8 Å². The molecule has 0 fully saturated rings. The van der Waals surface area contributed by atoms with Crippen molar-refractivity contribution in [1.82, 2.24) is 10.6 Å². The average Bonchev–Trinajstić information content (AvgIpc) is 2.00. The lowest BCUT2D eigenvalue weighted by Gasteiger charge is -2.02. The lowest BCUT2D eigenvalue weighted by atomic mass is 10.5. The Hall–Kier alpha value is -1.63. The molecule has 13 heavy (non-hydrogen) atoms. The monoisotopic (exact) mass is 189 g/mol. The van der Waals surface area contributed by atoms with Crippen LogP contribution in [0.4, 0.5) is 0 Å². The van der Waals surface area contributed by atoms with E-state index < -0.39 is 17.8 Å². The van der Waals surface area contributed by atoms with Gasteiger partial charge in [0.05, 0.1) is 19.6 Å². The van der Waals surface area contributed by atoms with E-state index in [4.69, 9.17) is 10.8 Å². The highest BCUT2D eigenvalue weighted by Gasteiger charge is 2.02. The number of hydrogen-bond acceptors (Lipinski definition) is 4.